The lowest BCUT2D eigenvalue weighted by Crippen LogP contribution is -2.10. The molecule has 1 aromatic heterocycles. The van der Waals surface area contributed by atoms with Crippen LogP contribution in [-0.2, 0) is 0 Å². The Bertz CT molecular complexity index is 894. The van der Waals surface area contributed by atoms with E-state index in [1.54, 1.807) is 18.2 Å². The summed E-state index contributed by atoms with van der Waals surface area (Å²) >= 11 is 7.36. The van der Waals surface area contributed by atoms with Crippen LogP contribution in [0.5, 0.6) is 0 Å². The normalized spacial score (nSPS) is 10.4. The molecule has 3 aromatic rings. The molecule has 0 aliphatic carbocycles. The van der Waals surface area contributed by atoms with Gasteiger partial charge in [0.1, 0.15) is 4.88 Å². The van der Waals surface area contributed by atoms with Crippen molar-refractivity contribution in [3.8, 4) is 0 Å². The van der Waals surface area contributed by atoms with Crippen LogP contribution in [0.25, 0.3) is 0 Å². The van der Waals surface area contributed by atoms with Crippen molar-refractivity contribution in [2.45, 2.75) is 6.92 Å². The SMILES string of the molecule is Cc1ccc(Cl)c(NC(=O)c2cnc(Nc3cccc(N)c3)s2)c1. The van der Waals surface area contributed by atoms with Crippen LogP contribution in [0.2, 0.25) is 5.02 Å². The number of benzene rings is 2. The van der Waals surface area contributed by atoms with Gasteiger partial charge in [-0.2, -0.15) is 0 Å². The fraction of sp³-hybridized carbons (Fsp3) is 0.0588. The first-order chi connectivity index (χ1) is 11.5. The summed E-state index contributed by atoms with van der Waals surface area (Å²) in [6.07, 6.45) is 1.53. The van der Waals surface area contributed by atoms with Crippen LogP contribution in [0.3, 0.4) is 0 Å². The van der Waals surface area contributed by atoms with Crippen LogP contribution in [0.15, 0.2) is 48.7 Å². The number of nitrogens with zero attached hydrogens (tertiary/aromatic N) is 1. The first-order valence-electron chi connectivity index (χ1n) is 7.17. The van der Waals surface area contributed by atoms with Gasteiger partial charge in [0, 0.05) is 11.4 Å². The van der Waals surface area contributed by atoms with Crippen LogP contribution < -0.4 is 16.4 Å². The van der Waals surface area contributed by atoms with E-state index in [-0.39, 0.29) is 5.91 Å². The maximum absolute atomic E-state index is 12.4. The predicted molar refractivity (Wildman–Crippen MR) is 100 cm³/mol. The first-order valence-corrected chi connectivity index (χ1v) is 8.36. The molecule has 0 fully saturated rings. The van der Waals surface area contributed by atoms with Crippen LogP contribution in [0, 0.1) is 6.92 Å². The average Bonchev–Trinajstić information content (AvgIpc) is 2.99. The summed E-state index contributed by atoms with van der Waals surface area (Å²) in [4.78, 5) is 17.1. The molecule has 0 spiro atoms. The minimum absolute atomic E-state index is 0.249. The van der Waals surface area contributed by atoms with E-state index in [2.05, 4.69) is 15.6 Å². The van der Waals surface area contributed by atoms with Crippen LogP contribution in [0.4, 0.5) is 22.2 Å². The van der Waals surface area contributed by atoms with Crippen LogP contribution in [0.1, 0.15) is 15.2 Å². The molecule has 24 heavy (non-hydrogen) atoms. The zero-order valence-electron chi connectivity index (χ0n) is 12.8. The molecular weight excluding hydrogens is 344 g/mol. The highest BCUT2D eigenvalue weighted by Crippen LogP contribution is 2.26. The number of anilines is 4. The molecule has 122 valence electrons. The Morgan fingerprint density at radius 2 is 2.08 bits per heavy atom. The molecule has 7 heteroatoms. The van der Waals surface area contributed by atoms with E-state index in [0.717, 1.165) is 11.3 Å². The number of aromatic nitrogens is 1. The van der Waals surface area contributed by atoms with E-state index >= 15 is 0 Å². The van der Waals surface area contributed by atoms with Crippen LogP contribution >= 0.6 is 22.9 Å². The lowest BCUT2D eigenvalue weighted by atomic mass is 10.2. The molecular formula is C17H15ClN4OS. The monoisotopic (exact) mass is 358 g/mol. The summed E-state index contributed by atoms with van der Waals surface area (Å²) in [5.41, 5.74) is 8.82. The number of nitrogens with one attached hydrogen (secondary N) is 2. The van der Waals surface area contributed by atoms with Gasteiger partial charge in [-0.25, -0.2) is 4.98 Å². The lowest BCUT2D eigenvalue weighted by Gasteiger charge is -2.06. The Hall–Kier alpha value is -2.57. The number of carbonyl (C=O) groups is 1. The molecule has 3 rings (SSSR count). The molecule has 0 radical (unpaired) electrons. The van der Waals surface area contributed by atoms with E-state index in [0.29, 0.717) is 26.4 Å². The molecule has 2 aromatic carbocycles. The highest BCUT2D eigenvalue weighted by atomic mass is 35.5. The second kappa shape index (κ2) is 6.90. The van der Waals surface area contributed by atoms with Gasteiger partial charge < -0.3 is 16.4 Å². The molecule has 0 atom stereocenters. The fourth-order valence-corrected chi connectivity index (χ4v) is 2.99. The summed E-state index contributed by atoms with van der Waals surface area (Å²) in [7, 11) is 0. The van der Waals surface area contributed by atoms with E-state index in [9.17, 15) is 4.79 Å². The van der Waals surface area contributed by atoms with E-state index in [1.807, 2.05) is 31.2 Å². The number of amides is 1. The third kappa shape index (κ3) is 3.84. The number of nitrogens with two attached hydrogens (primary N) is 1. The van der Waals surface area contributed by atoms with E-state index < -0.39 is 0 Å². The number of halogens is 1. The first kappa shape index (κ1) is 16.3. The van der Waals surface area contributed by atoms with Crippen molar-refractivity contribution in [1.29, 1.82) is 0 Å². The summed E-state index contributed by atoms with van der Waals surface area (Å²) in [5.74, 6) is -0.249. The Balaban J connectivity index is 1.73. The smallest absolute Gasteiger partial charge is 0.267 e. The number of rotatable bonds is 4. The van der Waals surface area contributed by atoms with Gasteiger partial charge >= 0.3 is 0 Å². The van der Waals surface area contributed by atoms with E-state index in [1.165, 1.54) is 17.5 Å². The van der Waals surface area contributed by atoms with E-state index in [4.69, 9.17) is 17.3 Å². The molecule has 0 bridgehead atoms. The zero-order valence-corrected chi connectivity index (χ0v) is 14.4. The summed E-state index contributed by atoms with van der Waals surface area (Å²) in [5, 5.41) is 7.04. The fourth-order valence-electron chi connectivity index (χ4n) is 2.10. The Labute approximate surface area is 148 Å². The topological polar surface area (TPSA) is 80.0 Å². The summed E-state index contributed by atoms with van der Waals surface area (Å²) in [6.45, 7) is 1.94. The third-order valence-electron chi connectivity index (χ3n) is 3.24. The standard InChI is InChI=1S/C17H15ClN4OS/c1-10-5-6-13(18)14(7-10)22-16(23)15-9-20-17(24-15)21-12-4-2-3-11(19)8-12/h2-9H,19H2,1H3,(H,20,21)(H,22,23). The molecule has 0 unspecified atom stereocenters. The number of carbonyl (C=O) groups excluding carboxylic acids is 1. The Morgan fingerprint density at radius 1 is 1.25 bits per heavy atom. The van der Waals surface area contributed by atoms with Gasteiger partial charge in [0.25, 0.3) is 5.91 Å². The van der Waals surface area contributed by atoms with Gasteiger partial charge in [-0.3, -0.25) is 4.79 Å². The highest BCUT2D eigenvalue weighted by molar-refractivity contribution is 7.17. The molecule has 0 aliphatic heterocycles. The lowest BCUT2D eigenvalue weighted by molar-refractivity contribution is 0.103. The van der Waals surface area contributed by atoms with Gasteiger partial charge in [0.15, 0.2) is 5.13 Å². The van der Waals surface area contributed by atoms with Gasteiger partial charge in [-0.15, -0.1) is 0 Å². The van der Waals surface area contributed by atoms with Crippen molar-refractivity contribution in [2.75, 3.05) is 16.4 Å². The van der Waals surface area contributed by atoms with Gasteiger partial charge in [-0.1, -0.05) is 35.1 Å². The predicted octanol–water partition coefficient (Wildman–Crippen LogP) is 4.68. The molecule has 1 amide bonds. The van der Waals surface area contributed by atoms with Crippen molar-refractivity contribution >= 4 is 51.0 Å². The second-order valence-corrected chi connectivity index (χ2v) is 6.66. The molecule has 5 nitrogen and oxygen atoms in total. The molecule has 4 N–H and O–H groups in total. The van der Waals surface area contributed by atoms with Gasteiger partial charge in [0.05, 0.1) is 16.9 Å². The number of thiazole rings is 1. The van der Waals surface area contributed by atoms with Crippen molar-refractivity contribution < 1.29 is 4.79 Å². The molecule has 1 heterocycles. The number of hydrogen-bond acceptors (Lipinski definition) is 5. The second-order valence-electron chi connectivity index (χ2n) is 5.22. The summed E-state index contributed by atoms with van der Waals surface area (Å²) < 4.78 is 0. The maximum atomic E-state index is 12.4. The number of hydrogen-bond donors (Lipinski definition) is 3. The molecule has 0 saturated carbocycles. The van der Waals surface area contributed by atoms with Crippen molar-refractivity contribution in [3.05, 3.63) is 64.1 Å². The van der Waals surface area contributed by atoms with Crippen molar-refractivity contribution in [3.63, 3.8) is 0 Å². The van der Waals surface area contributed by atoms with Crippen molar-refractivity contribution in [1.82, 2.24) is 4.98 Å². The highest BCUT2D eigenvalue weighted by Gasteiger charge is 2.13. The quantitative estimate of drug-likeness (QED) is 0.591. The van der Waals surface area contributed by atoms with Crippen LogP contribution in [-0.4, -0.2) is 10.9 Å². The zero-order chi connectivity index (χ0) is 17.1. The Morgan fingerprint density at radius 3 is 2.88 bits per heavy atom. The third-order valence-corrected chi connectivity index (χ3v) is 4.48. The average molecular weight is 359 g/mol. The minimum atomic E-state index is -0.249. The molecule has 0 saturated heterocycles. The number of aryl methyl sites for hydroxylation is 1. The molecule has 0 aliphatic rings. The van der Waals surface area contributed by atoms with Crippen molar-refractivity contribution in [2.24, 2.45) is 0 Å². The van der Waals surface area contributed by atoms with Gasteiger partial charge in [0.2, 0.25) is 0 Å². The number of nitrogen functional groups attached to an aromatic ring is 1. The van der Waals surface area contributed by atoms with Gasteiger partial charge in [-0.05, 0) is 42.8 Å². The minimum Gasteiger partial charge on any atom is -0.399 e. The largest absolute Gasteiger partial charge is 0.399 e. The Kier molecular flexibility index (Phi) is 4.69. The summed E-state index contributed by atoms with van der Waals surface area (Å²) in [6, 6.07) is 12.8. The maximum Gasteiger partial charge on any atom is 0.267 e.